The van der Waals surface area contributed by atoms with E-state index in [0.29, 0.717) is 0 Å². The van der Waals surface area contributed by atoms with Gasteiger partial charge in [-0.2, -0.15) is 0 Å². The van der Waals surface area contributed by atoms with Crippen molar-refractivity contribution in [3.8, 4) is 0 Å². The molecule has 0 aliphatic heterocycles. The molecule has 0 radical (unpaired) electrons. The molecule has 3 aromatic rings. The van der Waals surface area contributed by atoms with Crippen LogP contribution in [-0.2, 0) is 0 Å². The van der Waals surface area contributed by atoms with E-state index < -0.39 is 0 Å². The van der Waals surface area contributed by atoms with Gasteiger partial charge in [0, 0.05) is 30.0 Å². The summed E-state index contributed by atoms with van der Waals surface area (Å²) in [6, 6.07) is 12.9. The van der Waals surface area contributed by atoms with Gasteiger partial charge in [0.2, 0.25) is 0 Å². The molecule has 0 N–H and O–H groups in total. The number of rotatable bonds is 4. The third-order valence-electron chi connectivity index (χ3n) is 3.81. The van der Waals surface area contributed by atoms with Gasteiger partial charge in [-0.15, -0.1) is 0 Å². The van der Waals surface area contributed by atoms with Gasteiger partial charge in [0.25, 0.3) is 0 Å². The molecule has 2 heterocycles. The van der Waals surface area contributed by atoms with Crippen LogP contribution in [0.15, 0.2) is 48.8 Å². The van der Waals surface area contributed by atoms with Gasteiger partial charge in [0.1, 0.15) is 0 Å². The molecule has 0 unspecified atom stereocenters. The number of anilines is 1. The second-order valence-corrected chi connectivity index (χ2v) is 5.44. The van der Waals surface area contributed by atoms with Crippen LogP contribution in [0.2, 0.25) is 0 Å². The highest BCUT2D eigenvalue weighted by molar-refractivity contribution is 5.82. The van der Waals surface area contributed by atoms with Crippen LogP contribution >= 0.6 is 0 Å². The zero-order chi connectivity index (χ0) is 14.8. The smallest absolute Gasteiger partial charge is 0.0701 e. The maximum Gasteiger partial charge on any atom is 0.0701 e. The van der Waals surface area contributed by atoms with E-state index in [2.05, 4.69) is 71.8 Å². The SMILES string of the molecule is CCCN(c1ccncc1C)n1c(C)cc2ccccc21. The lowest BCUT2D eigenvalue weighted by atomic mass is 10.2. The number of para-hydroxylation sites is 1. The largest absolute Gasteiger partial charge is 0.281 e. The Hall–Kier alpha value is -2.29. The number of fused-ring (bicyclic) bond motifs is 1. The number of aromatic nitrogens is 2. The van der Waals surface area contributed by atoms with Crippen LogP contribution in [0, 0.1) is 13.8 Å². The molecular formula is C18H21N3. The van der Waals surface area contributed by atoms with E-state index >= 15 is 0 Å². The Labute approximate surface area is 125 Å². The third kappa shape index (κ3) is 2.40. The average molecular weight is 279 g/mol. The van der Waals surface area contributed by atoms with E-state index in [1.807, 2.05) is 12.4 Å². The number of hydrogen-bond donors (Lipinski definition) is 0. The van der Waals surface area contributed by atoms with Gasteiger partial charge in [-0.3, -0.25) is 14.7 Å². The van der Waals surface area contributed by atoms with Gasteiger partial charge < -0.3 is 0 Å². The Balaban J connectivity index is 2.21. The molecule has 0 aliphatic rings. The van der Waals surface area contributed by atoms with E-state index in [4.69, 9.17) is 0 Å². The fourth-order valence-corrected chi connectivity index (χ4v) is 2.89. The summed E-state index contributed by atoms with van der Waals surface area (Å²) in [5.74, 6) is 0. The van der Waals surface area contributed by atoms with Crippen LogP contribution in [0.3, 0.4) is 0 Å². The Morgan fingerprint density at radius 3 is 2.71 bits per heavy atom. The Morgan fingerprint density at radius 2 is 1.95 bits per heavy atom. The lowest BCUT2D eigenvalue weighted by Gasteiger charge is -2.29. The Morgan fingerprint density at radius 1 is 1.14 bits per heavy atom. The topological polar surface area (TPSA) is 21.1 Å². The highest BCUT2D eigenvalue weighted by atomic mass is 15.6. The van der Waals surface area contributed by atoms with Crippen LogP contribution < -0.4 is 5.01 Å². The first-order valence-electron chi connectivity index (χ1n) is 7.48. The lowest BCUT2D eigenvalue weighted by Crippen LogP contribution is -2.31. The van der Waals surface area contributed by atoms with Crippen LogP contribution in [-0.4, -0.2) is 16.2 Å². The molecule has 0 atom stereocenters. The lowest BCUT2D eigenvalue weighted by molar-refractivity contribution is 0.678. The fraction of sp³-hybridized carbons (Fsp3) is 0.278. The first kappa shape index (κ1) is 13.7. The summed E-state index contributed by atoms with van der Waals surface area (Å²) in [5, 5.41) is 3.64. The fourth-order valence-electron chi connectivity index (χ4n) is 2.89. The Kier molecular flexibility index (Phi) is 3.65. The van der Waals surface area contributed by atoms with Gasteiger partial charge >= 0.3 is 0 Å². The Bertz CT molecular complexity index is 758. The number of benzene rings is 1. The number of aryl methyl sites for hydroxylation is 2. The zero-order valence-corrected chi connectivity index (χ0v) is 12.9. The van der Waals surface area contributed by atoms with Crippen molar-refractivity contribution in [3.05, 3.63) is 60.0 Å². The molecule has 0 fully saturated rings. The normalized spacial score (nSPS) is 11.0. The minimum Gasteiger partial charge on any atom is -0.281 e. The predicted molar refractivity (Wildman–Crippen MR) is 88.7 cm³/mol. The van der Waals surface area contributed by atoms with Gasteiger partial charge in [-0.05, 0) is 44.0 Å². The summed E-state index contributed by atoms with van der Waals surface area (Å²) in [6.07, 6.45) is 4.89. The van der Waals surface area contributed by atoms with Crippen molar-refractivity contribution in [3.63, 3.8) is 0 Å². The van der Waals surface area contributed by atoms with Crippen LogP contribution in [0.25, 0.3) is 10.9 Å². The molecule has 108 valence electrons. The number of nitrogens with zero attached hydrogens (tertiary/aromatic N) is 3. The molecule has 1 aromatic carbocycles. The van der Waals surface area contributed by atoms with Crippen molar-refractivity contribution in [1.29, 1.82) is 0 Å². The van der Waals surface area contributed by atoms with E-state index in [-0.39, 0.29) is 0 Å². The van der Waals surface area contributed by atoms with E-state index in [1.165, 1.54) is 27.8 Å². The summed E-state index contributed by atoms with van der Waals surface area (Å²) < 4.78 is 2.32. The second kappa shape index (κ2) is 5.60. The van der Waals surface area contributed by atoms with Crippen molar-refractivity contribution in [1.82, 2.24) is 9.66 Å². The highest BCUT2D eigenvalue weighted by Crippen LogP contribution is 2.26. The maximum absolute atomic E-state index is 4.22. The number of pyridine rings is 1. The highest BCUT2D eigenvalue weighted by Gasteiger charge is 2.15. The third-order valence-corrected chi connectivity index (χ3v) is 3.81. The first-order valence-corrected chi connectivity index (χ1v) is 7.48. The monoisotopic (exact) mass is 279 g/mol. The zero-order valence-electron chi connectivity index (χ0n) is 12.9. The van der Waals surface area contributed by atoms with E-state index in [9.17, 15) is 0 Å². The van der Waals surface area contributed by atoms with Crippen molar-refractivity contribution in [2.45, 2.75) is 27.2 Å². The van der Waals surface area contributed by atoms with Crippen molar-refractivity contribution < 1.29 is 0 Å². The molecule has 3 nitrogen and oxygen atoms in total. The summed E-state index contributed by atoms with van der Waals surface area (Å²) in [7, 11) is 0. The summed E-state index contributed by atoms with van der Waals surface area (Å²) in [5.41, 5.74) is 4.92. The van der Waals surface area contributed by atoms with Crippen molar-refractivity contribution >= 4 is 16.6 Å². The van der Waals surface area contributed by atoms with E-state index in [0.717, 1.165) is 13.0 Å². The molecule has 0 saturated carbocycles. The maximum atomic E-state index is 4.22. The molecule has 0 aliphatic carbocycles. The molecule has 0 bridgehead atoms. The summed E-state index contributed by atoms with van der Waals surface area (Å²) in [4.78, 5) is 4.22. The van der Waals surface area contributed by atoms with Crippen LogP contribution in [0.4, 0.5) is 5.69 Å². The van der Waals surface area contributed by atoms with Gasteiger partial charge in [0.15, 0.2) is 0 Å². The molecule has 3 rings (SSSR count). The minimum absolute atomic E-state index is 0.977. The van der Waals surface area contributed by atoms with Gasteiger partial charge in [-0.1, -0.05) is 25.1 Å². The standard InChI is InChI=1S/C18H21N3/c1-4-11-20(17-9-10-19-13-14(17)2)21-15(3)12-16-7-5-6-8-18(16)21/h5-10,12-13H,4,11H2,1-3H3. The molecule has 3 heteroatoms. The minimum atomic E-state index is 0.977. The van der Waals surface area contributed by atoms with Crippen LogP contribution in [0.1, 0.15) is 24.6 Å². The predicted octanol–water partition coefficient (Wildman–Crippen LogP) is 4.33. The number of hydrogen-bond acceptors (Lipinski definition) is 2. The molecule has 0 amide bonds. The van der Waals surface area contributed by atoms with Gasteiger partial charge in [0.05, 0.1) is 11.2 Å². The van der Waals surface area contributed by atoms with Crippen molar-refractivity contribution in [2.75, 3.05) is 11.6 Å². The van der Waals surface area contributed by atoms with Crippen LogP contribution in [0.5, 0.6) is 0 Å². The molecule has 0 spiro atoms. The second-order valence-electron chi connectivity index (χ2n) is 5.44. The quantitative estimate of drug-likeness (QED) is 0.708. The van der Waals surface area contributed by atoms with E-state index in [1.54, 1.807) is 0 Å². The van der Waals surface area contributed by atoms with Gasteiger partial charge in [-0.25, -0.2) is 0 Å². The molecule has 2 aromatic heterocycles. The summed E-state index contributed by atoms with van der Waals surface area (Å²) in [6.45, 7) is 7.47. The molecular weight excluding hydrogens is 258 g/mol. The summed E-state index contributed by atoms with van der Waals surface area (Å²) >= 11 is 0. The molecule has 21 heavy (non-hydrogen) atoms. The molecule has 0 saturated heterocycles. The van der Waals surface area contributed by atoms with Crippen molar-refractivity contribution in [2.24, 2.45) is 0 Å². The average Bonchev–Trinajstić information content (AvgIpc) is 2.82. The first-order chi connectivity index (χ1) is 10.2.